The van der Waals surface area contributed by atoms with Crippen LogP contribution in [0.15, 0.2) is 28.7 Å². The van der Waals surface area contributed by atoms with Gasteiger partial charge in [0, 0.05) is 35.2 Å². The number of benzene rings is 1. The summed E-state index contributed by atoms with van der Waals surface area (Å²) >= 11 is 3.42. The van der Waals surface area contributed by atoms with Gasteiger partial charge >= 0.3 is 0 Å². The molecule has 1 aromatic rings. The highest BCUT2D eigenvalue weighted by Gasteiger charge is 2.32. The third-order valence-electron chi connectivity index (χ3n) is 4.87. The SMILES string of the molecule is C[C@@H]1CCCN1C[C@@H]1CCCN1C(=O)c1ccc(Br)cc1. The molecule has 0 unspecified atom stereocenters. The summed E-state index contributed by atoms with van der Waals surface area (Å²) in [6.45, 7) is 5.45. The molecule has 3 rings (SSSR count). The van der Waals surface area contributed by atoms with Crippen LogP contribution < -0.4 is 0 Å². The van der Waals surface area contributed by atoms with E-state index in [9.17, 15) is 4.79 Å². The summed E-state index contributed by atoms with van der Waals surface area (Å²) in [7, 11) is 0. The van der Waals surface area contributed by atoms with Crippen molar-refractivity contribution < 1.29 is 4.79 Å². The van der Waals surface area contributed by atoms with E-state index in [1.807, 2.05) is 24.3 Å². The standard InChI is InChI=1S/C17H23BrN2O/c1-13-4-2-10-19(13)12-16-5-3-11-20(16)17(21)14-6-8-15(18)9-7-14/h6-9,13,16H,2-5,10-12H2,1H3/t13-,16+/m1/s1. The number of hydrogen-bond donors (Lipinski definition) is 0. The Hall–Kier alpha value is -0.870. The summed E-state index contributed by atoms with van der Waals surface area (Å²) < 4.78 is 1.02. The molecule has 0 spiro atoms. The first-order valence-electron chi connectivity index (χ1n) is 7.96. The van der Waals surface area contributed by atoms with Crippen molar-refractivity contribution >= 4 is 21.8 Å². The van der Waals surface area contributed by atoms with Crippen molar-refractivity contribution in [3.8, 4) is 0 Å². The molecule has 21 heavy (non-hydrogen) atoms. The minimum absolute atomic E-state index is 0.192. The van der Waals surface area contributed by atoms with Crippen LogP contribution in [0.4, 0.5) is 0 Å². The monoisotopic (exact) mass is 350 g/mol. The fraction of sp³-hybridized carbons (Fsp3) is 0.588. The Balaban J connectivity index is 1.68. The van der Waals surface area contributed by atoms with Crippen molar-refractivity contribution in [2.75, 3.05) is 19.6 Å². The summed E-state index contributed by atoms with van der Waals surface area (Å²) in [4.78, 5) is 17.4. The third kappa shape index (κ3) is 3.32. The van der Waals surface area contributed by atoms with E-state index in [1.54, 1.807) is 0 Å². The van der Waals surface area contributed by atoms with Gasteiger partial charge in [-0.25, -0.2) is 0 Å². The average Bonchev–Trinajstić information content (AvgIpc) is 3.09. The normalized spacial score (nSPS) is 26.5. The first-order chi connectivity index (χ1) is 10.1. The zero-order valence-corrected chi connectivity index (χ0v) is 14.2. The molecule has 2 aliphatic heterocycles. The maximum absolute atomic E-state index is 12.7. The highest BCUT2D eigenvalue weighted by atomic mass is 79.9. The van der Waals surface area contributed by atoms with Crippen LogP contribution in [0, 0.1) is 0 Å². The van der Waals surface area contributed by atoms with E-state index in [2.05, 4.69) is 32.7 Å². The maximum atomic E-state index is 12.7. The molecule has 2 atom stereocenters. The van der Waals surface area contributed by atoms with Crippen molar-refractivity contribution in [3.63, 3.8) is 0 Å². The number of nitrogens with zero attached hydrogens (tertiary/aromatic N) is 2. The molecule has 2 aliphatic rings. The van der Waals surface area contributed by atoms with E-state index in [0.717, 1.165) is 36.0 Å². The van der Waals surface area contributed by atoms with Gasteiger partial charge in [-0.1, -0.05) is 15.9 Å². The molecule has 0 aliphatic carbocycles. The first-order valence-corrected chi connectivity index (χ1v) is 8.75. The lowest BCUT2D eigenvalue weighted by molar-refractivity contribution is 0.0696. The van der Waals surface area contributed by atoms with Gasteiger partial charge in [-0.2, -0.15) is 0 Å². The van der Waals surface area contributed by atoms with Crippen molar-refractivity contribution in [1.82, 2.24) is 9.80 Å². The topological polar surface area (TPSA) is 23.6 Å². The van der Waals surface area contributed by atoms with E-state index in [-0.39, 0.29) is 5.91 Å². The van der Waals surface area contributed by atoms with E-state index in [1.165, 1.54) is 19.4 Å². The maximum Gasteiger partial charge on any atom is 0.254 e. The minimum Gasteiger partial charge on any atom is -0.334 e. The molecule has 0 saturated carbocycles. The molecule has 0 radical (unpaired) electrons. The molecule has 114 valence electrons. The summed E-state index contributed by atoms with van der Waals surface area (Å²) in [6, 6.07) is 8.79. The summed E-state index contributed by atoms with van der Waals surface area (Å²) in [5.41, 5.74) is 0.805. The lowest BCUT2D eigenvalue weighted by Gasteiger charge is -2.30. The molecule has 0 aromatic heterocycles. The average molecular weight is 351 g/mol. The van der Waals surface area contributed by atoms with Crippen molar-refractivity contribution in [2.24, 2.45) is 0 Å². The Morgan fingerprint density at radius 3 is 2.57 bits per heavy atom. The van der Waals surface area contributed by atoms with E-state index in [0.29, 0.717) is 12.1 Å². The van der Waals surface area contributed by atoms with Crippen LogP contribution in [0.5, 0.6) is 0 Å². The Kier molecular flexibility index (Phi) is 4.65. The van der Waals surface area contributed by atoms with Crippen LogP contribution in [-0.4, -0.2) is 47.4 Å². The molecule has 4 heteroatoms. The second kappa shape index (κ2) is 6.49. The lowest BCUT2D eigenvalue weighted by atomic mass is 10.1. The van der Waals surface area contributed by atoms with E-state index in [4.69, 9.17) is 0 Å². The first kappa shape index (κ1) is 15.0. The molecule has 0 N–H and O–H groups in total. The Morgan fingerprint density at radius 1 is 1.19 bits per heavy atom. The largest absolute Gasteiger partial charge is 0.334 e. The highest BCUT2D eigenvalue weighted by molar-refractivity contribution is 9.10. The van der Waals surface area contributed by atoms with Crippen LogP contribution in [0.1, 0.15) is 43.0 Å². The molecular weight excluding hydrogens is 328 g/mol. The van der Waals surface area contributed by atoms with Crippen LogP contribution in [0.25, 0.3) is 0 Å². The summed E-state index contributed by atoms with van der Waals surface area (Å²) in [5, 5.41) is 0. The molecular formula is C17H23BrN2O. The number of carbonyl (C=O) groups excluding carboxylic acids is 1. The second-order valence-electron chi connectivity index (χ2n) is 6.29. The number of halogens is 1. The van der Waals surface area contributed by atoms with Gasteiger partial charge in [-0.05, 0) is 63.4 Å². The molecule has 2 heterocycles. The smallest absolute Gasteiger partial charge is 0.254 e. The molecule has 2 fully saturated rings. The van der Waals surface area contributed by atoms with Crippen LogP contribution >= 0.6 is 15.9 Å². The number of carbonyl (C=O) groups is 1. The van der Waals surface area contributed by atoms with Gasteiger partial charge in [-0.3, -0.25) is 9.69 Å². The van der Waals surface area contributed by atoms with Gasteiger partial charge in [0.05, 0.1) is 0 Å². The van der Waals surface area contributed by atoms with Crippen LogP contribution in [-0.2, 0) is 0 Å². The van der Waals surface area contributed by atoms with Gasteiger partial charge in [-0.15, -0.1) is 0 Å². The summed E-state index contributed by atoms with van der Waals surface area (Å²) in [6.07, 6.45) is 4.88. The van der Waals surface area contributed by atoms with Gasteiger partial charge in [0.1, 0.15) is 0 Å². The predicted octanol–water partition coefficient (Wildman–Crippen LogP) is 3.54. The van der Waals surface area contributed by atoms with Crippen molar-refractivity contribution in [3.05, 3.63) is 34.3 Å². The quantitative estimate of drug-likeness (QED) is 0.832. The zero-order chi connectivity index (χ0) is 14.8. The van der Waals surface area contributed by atoms with E-state index < -0.39 is 0 Å². The van der Waals surface area contributed by atoms with Gasteiger partial charge in [0.25, 0.3) is 5.91 Å². The number of rotatable bonds is 3. The number of amides is 1. The molecule has 2 saturated heterocycles. The van der Waals surface area contributed by atoms with Crippen LogP contribution in [0.2, 0.25) is 0 Å². The highest BCUT2D eigenvalue weighted by Crippen LogP contribution is 2.25. The fourth-order valence-corrected chi connectivity index (χ4v) is 3.85. The van der Waals surface area contributed by atoms with Crippen molar-refractivity contribution in [2.45, 2.75) is 44.7 Å². The number of likely N-dealkylation sites (tertiary alicyclic amines) is 2. The van der Waals surface area contributed by atoms with Gasteiger partial charge in [0.2, 0.25) is 0 Å². The molecule has 1 amide bonds. The Morgan fingerprint density at radius 2 is 1.90 bits per heavy atom. The van der Waals surface area contributed by atoms with Gasteiger partial charge < -0.3 is 4.90 Å². The second-order valence-corrected chi connectivity index (χ2v) is 7.20. The minimum atomic E-state index is 0.192. The molecule has 1 aromatic carbocycles. The Bertz CT molecular complexity index is 502. The fourth-order valence-electron chi connectivity index (χ4n) is 3.59. The number of hydrogen-bond acceptors (Lipinski definition) is 2. The predicted molar refractivity (Wildman–Crippen MR) is 88.5 cm³/mol. The lowest BCUT2D eigenvalue weighted by Crippen LogP contribution is -2.44. The Labute approximate surface area is 135 Å². The third-order valence-corrected chi connectivity index (χ3v) is 5.39. The van der Waals surface area contributed by atoms with Crippen LogP contribution in [0.3, 0.4) is 0 Å². The molecule has 0 bridgehead atoms. The summed E-state index contributed by atoms with van der Waals surface area (Å²) in [5.74, 6) is 0.192. The zero-order valence-electron chi connectivity index (χ0n) is 12.6. The van der Waals surface area contributed by atoms with Gasteiger partial charge in [0.15, 0.2) is 0 Å². The van der Waals surface area contributed by atoms with E-state index >= 15 is 0 Å². The van der Waals surface area contributed by atoms with Crippen molar-refractivity contribution in [1.29, 1.82) is 0 Å². The molecule has 3 nitrogen and oxygen atoms in total.